The van der Waals surface area contributed by atoms with Gasteiger partial charge in [0, 0.05) is 36.1 Å². The summed E-state index contributed by atoms with van der Waals surface area (Å²) in [6.45, 7) is 4.68. The molecule has 1 atom stereocenters. The van der Waals surface area contributed by atoms with Gasteiger partial charge in [0.25, 0.3) is 5.56 Å². The second-order valence-corrected chi connectivity index (χ2v) is 11.2. The maximum absolute atomic E-state index is 13.7. The third-order valence-corrected chi connectivity index (χ3v) is 8.52. The van der Waals surface area contributed by atoms with E-state index in [1.54, 1.807) is 0 Å². The Kier molecular flexibility index (Phi) is 6.09. The van der Waals surface area contributed by atoms with Gasteiger partial charge in [-0.1, -0.05) is 35.9 Å². The normalized spacial score (nSPS) is 20.2. The SMILES string of the molecule is CC(=O)Nc1cccc(-c2cc3c(N[C@H]4CN5CCC4CC5)c(-c4nc5ccccc5[nH]4)c(=O)[nH]c3cc2Cl)c1. The molecule has 3 aliphatic heterocycles. The minimum absolute atomic E-state index is 0.140. The Morgan fingerprint density at radius 3 is 2.60 bits per heavy atom. The fourth-order valence-electron chi connectivity index (χ4n) is 6.27. The number of nitrogens with zero attached hydrogens (tertiary/aromatic N) is 2. The first-order valence-electron chi connectivity index (χ1n) is 13.6. The second kappa shape index (κ2) is 9.80. The summed E-state index contributed by atoms with van der Waals surface area (Å²) in [5.74, 6) is 0.931. The lowest BCUT2D eigenvalue weighted by Crippen LogP contribution is -2.53. The first-order chi connectivity index (χ1) is 19.4. The number of carbonyl (C=O) groups is 1. The molecule has 3 saturated heterocycles. The molecule has 3 aromatic carbocycles. The highest BCUT2D eigenvalue weighted by molar-refractivity contribution is 6.34. The summed E-state index contributed by atoms with van der Waals surface area (Å²) in [4.78, 5) is 39.1. The Balaban J connectivity index is 1.44. The van der Waals surface area contributed by atoms with Gasteiger partial charge in [-0.25, -0.2) is 4.98 Å². The molecule has 2 aromatic heterocycles. The summed E-state index contributed by atoms with van der Waals surface area (Å²) < 4.78 is 0. The van der Waals surface area contributed by atoms with Crippen LogP contribution in [0, 0.1) is 5.92 Å². The molecule has 0 unspecified atom stereocenters. The van der Waals surface area contributed by atoms with E-state index in [-0.39, 0.29) is 17.5 Å². The Morgan fingerprint density at radius 1 is 1.02 bits per heavy atom. The van der Waals surface area contributed by atoms with Crippen molar-refractivity contribution in [2.24, 2.45) is 5.92 Å². The number of aromatic nitrogens is 3. The molecule has 5 aromatic rings. The van der Waals surface area contributed by atoms with Crippen molar-refractivity contribution in [1.29, 1.82) is 0 Å². The van der Waals surface area contributed by atoms with Crippen LogP contribution in [0.5, 0.6) is 0 Å². The van der Waals surface area contributed by atoms with E-state index in [1.165, 1.54) is 6.92 Å². The van der Waals surface area contributed by atoms with Crippen molar-refractivity contribution in [1.82, 2.24) is 19.9 Å². The van der Waals surface area contributed by atoms with Crippen LogP contribution in [0.1, 0.15) is 19.8 Å². The van der Waals surface area contributed by atoms with Crippen LogP contribution >= 0.6 is 11.6 Å². The van der Waals surface area contributed by atoms with Crippen LogP contribution in [0.2, 0.25) is 5.02 Å². The van der Waals surface area contributed by atoms with E-state index in [2.05, 4.69) is 25.5 Å². The van der Waals surface area contributed by atoms with E-state index >= 15 is 0 Å². The number of hydrogen-bond donors (Lipinski definition) is 4. The number of para-hydroxylation sites is 2. The van der Waals surface area contributed by atoms with Crippen LogP contribution in [-0.4, -0.2) is 51.4 Å². The monoisotopic (exact) mass is 552 g/mol. The molecule has 8 rings (SSSR count). The van der Waals surface area contributed by atoms with Crippen LogP contribution in [0.15, 0.2) is 65.5 Å². The molecule has 0 saturated carbocycles. The summed E-state index contributed by atoms with van der Waals surface area (Å²) in [5, 5.41) is 8.03. The number of benzene rings is 3. The number of imidazole rings is 1. The Morgan fingerprint density at radius 2 is 1.85 bits per heavy atom. The van der Waals surface area contributed by atoms with Gasteiger partial charge < -0.3 is 25.5 Å². The highest BCUT2D eigenvalue weighted by Gasteiger charge is 2.35. The number of aromatic amines is 2. The number of nitrogens with one attached hydrogen (secondary N) is 4. The number of rotatable bonds is 5. The summed E-state index contributed by atoms with van der Waals surface area (Å²) in [7, 11) is 0. The lowest BCUT2D eigenvalue weighted by atomic mass is 9.83. The van der Waals surface area contributed by atoms with Gasteiger partial charge in [0.15, 0.2) is 0 Å². The second-order valence-electron chi connectivity index (χ2n) is 10.8. The van der Waals surface area contributed by atoms with Crippen LogP contribution in [-0.2, 0) is 4.79 Å². The molecular formula is C31H29ClN6O2. The van der Waals surface area contributed by atoms with Crippen molar-refractivity contribution in [2.45, 2.75) is 25.8 Å². The number of amides is 1. The molecule has 8 nitrogen and oxygen atoms in total. The van der Waals surface area contributed by atoms with Crippen LogP contribution in [0.25, 0.3) is 44.5 Å². The van der Waals surface area contributed by atoms with Crippen LogP contribution in [0.4, 0.5) is 11.4 Å². The zero-order valence-electron chi connectivity index (χ0n) is 22.1. The maximum Gasteiger partial charge on any atom is 0.261 e. The average molecular weight is 553 g/mol. The summed E-state index contributed by atoms with van der Waals surface area (Å²) >= 11 is 6.80. The molecule has 202 valence electrons. The molecule has 9 heteroatoms. The summed E-state index contributed by atoms with van der Waals surface area (Å²) in [5.41, 5.74) is 5.70. The van der Waals surface area contributed by atoms with E-state index < -0.39 is 0 Å². The van der Waals surface area contributed by atoms with Crippen molar-refractivity contribution >= 4 is 50.8 Å². The number of anilines is 2. The Labute approximate surface area is 235 Å². The zero-order chi connectivity index (χ0) is 27.4. The molecular weight excluding hydrogens is 524 g/mol. The van der Waals surface area contributed by atoms with E-state index in [4.69, 9.17) is 16.6 Å². The smallest absolute Gasteiger partial charge is 0.261 e. The first-order valence-corrected chi connectivity index (χ1v) is 14.0. The van der Waals surface area contributed by atoms with Crippen molar-refractivity contribution in [2.75, 3.05) is 30.3 Å². The quantitative estimate of drug-likeness (QED) is 0.219. The standard InChI is InChI=1S/C31H29ClN6O2/c1-17(39)33-20-6-4-5-19(13-20)21-14-22-26(15-23(21)32)37-31(40)28(30-35-24-7-2-3-8-25(24)36-30)29(22)34-27-16-38-11-9-18(27)10-12-38/h2-8,13-15,18,27H,9-12,16H2,1H3,(H,33,39)(H,35,36)(H2,34,37,40)/t27-/m0/s1. The molecule has 0 radical (unpaired) electrons. The first kappa shape index (κ1) is 24.9. The minimum atomic E-state index is -0.230. The van der Waals surface area contributed by atoms with Gasteiger partial charge in [-0.15, -0.1) is 0 Å². The third kappa shape index (κ3) is 4.43. The summed E-state index contributed by atoms with van der Waals surface area (Å²) in [6.07, 6.45) is 2.29. The highest BCUT2D eigenvalue weighted by atomic mass is 35.5. The maximum atomic E-state index is 13.7. The van der Waals surface area contributed by atoms with Crippen molar-refractivity contribution in [3.05, 3.63) is 76.0 Å². The van der Waals surface area contributed by atoms with E-state index in [0.717, 1.165) is 65.7 Å². The molecule has 4 N–H and O–H groups in total. The van der Waals surface area contributed by atoms with E-state index in [1.807, 2.05) is 60.7 Å². The van der Waals surface area contributed by atoms with Crippen LogP contribution < -0.4 is 16.2 Å². The fourth-order valence-corrected chi connectivity index (χ4v) is 6.54. The Hall–Kier alpha value is -4.14. The number of pyridine rings is 1. The largest absolute Gasteiger partial charge is 0.379 e. The molecule has 0 spiro atoms. The van der Waals surface area contributed by atoms with Gasteiger partial charge in [0.1, 0.15) is 11.4 Å². The van der Waals surface area contributed by atoms with Gasteiger partial charge in [-0.05, 0) is 73.8 Å². The number of halogens is 1. The summed E-state index contributed by atoms with van der Waals surface area (Å²) in [6, 6.07) is 19.4. The van der Waals surface area contributed by atoms with E-state index in [9.17, 15) is 9.59 Å². The lowest BCUT2D eigenvalue weighted by Gasteiger charge is -2.45. The lowest BCUT2D eigenvalue weighted by molar-refractivity contribution is -0.114. The van der Waals surface area contributed by atoms with Gasteiger partial charge in [0.05, 0.1) is 27.3 Å². The molecule has 5 heterocycles. The molecule has 2 bridgehead atoms. The van der Waals surface area contributed by atoms with Gasteiger partial charge >= 0.3 is 0 Å². The number of H-pyrrole nitrogens is 2. The van der Waals surface area contributed by atoms with Crippen molar-refractivity contribution < 1.29 is 4.79 Å². The number of hydrogen-bond acceptors (Lipinski definition) is 5. The number of fused-ring (bicyclic) bond motifs is 5. The predicted molar refractivity (Wildman–Crippen MR) is 161 cm³/mol. The minimum Gasteiger partial charge on any atom is -0.379 e. The fraction of sp³-hybridized carbons (Fsp3) is 0.258. The van der Waals surface area contributed by atoms with Crippen LogP contribution in [0.3, 0.4) is 0 Å². The number of piperidine rings is 3. The van der Waals surface area contributed by atoms with Gasteiger partial charge in [-0.2, -0.15) is 0 Å². The zero-order valence-corrected chi connectivity index (χ0v) is 22.8. The molecule has 3 fully saturated rings. The molecule has 1 amide bonds. The molecule has 3 aliphatic rings. The molecule has 40 heavy (non-hydrogen) atoms. The highest BCUT2D eigenvalue weighted by Crippen LogP contribution is 2.39. The van der Waals surface area contributed by atoms with E-state index in [0.29, 0.717) is 33.5 Å². The van der Waals surface area contributed by atoms with Gasteiger partial charge in [0.2, 0.25) is 5.91 Å². The third-order valence-electron chi connectivity index (χ3n) is 8.21. The average Bonchev–Trinajstić information content (AvgIpc) is 3.37. The topological polar surface area (TPSA) is 106 Å². The van der Waals surface area contributed by atoms with Gasteiger partial charge in [-0.3, -0.25) is 9.59 Å². The predicted octanol–water partition coefficient (Wildman–Crippen LogP) is 5.86. The van der Waals surface area contributed by atoms with Crippen molar-refractivity contribution in [3.8, 4) is 22.5 Å². The Bertz CT molecular complexity index is 1800. The molecule has 0 aliphatic carbocycles. The number of carbonyl (C=O) groups excluding carboxylic acids is 1. The van der Waals surface area contributed by atoms with Crippen molar-refractivity contribution in [3.63, 3.8) is 0 Å².